The van der Waals surface area contributed by atoms with Crippen molar-refractivity contribution in [2.24, 2.45) is 0 Å². The van der Waals surface area contributed by atoms with Crippen LogP contribution in [-0.2, 0) is 6.54 Å². The topological polar surface area (TPSA) is 52.6 Å². The zero-order valence-corrected chi connectivity index (χ0v) is 10.6. The van der Waals surface area contributed by atoms with Gasteiger partial charge < -0.3 is 19.5 Å². The van der Waals surface area contributed by atoms with Crippen LogP contribution in [0.25, 0.3) is 0 Å². The number of ether oxygens (including phenoxy) is 3. The number of nitrogens with one attached hydrogen (secondary N) is 1. The first kappa shape index (κ1) is 11.6. The molecule has 1 aliphatic heterocycles. The van der Waals surface area contributed by atoms with E-state index in [1.807, 2.05) is 30.3 Å². The molecular weight excluding hydrogens is 244 g/mol. The van der Waals surface area contributed by atoms with E-state index in [-0.39, 0.29) is 6.79 Å². The van der Waals surface area contributed by atoms with Gasteiger partial charge in [-0.2, -0.15) is 0 Å². The fraction of sp³-hybridized carbons (Fsp3) is 0.214. The lowest BCUT2D eigenvalue weighted by molar-refractivity contribution is 0.174. The number of aromatic nitrogens is 1. The smallest absolute Gasteiger partial charge is 0.231 e. The van der Waals surface area contributed by atoms with Gasteiger partial charge in [-0.15, -0.1) is 0 Å². The van der Waals surface area contributed by atoms with Crippen molar-refractivity contribution in [3.63, 3.8) is 0 Å². The average molecular weight is 258 g/mol. The predicted octanol–water partition coefficient (Wildman–Crippen LogP) is 2.43. The van der Waals surface area contributed by atoms with E-state index in [9.17, 15) is 0 Å². The molecule has 0 atom stereocenters. The Morgan fingerprint density at radius 2 is 2.16 bits per heavy atom. The molecule has 19 heavy (non-hydrogen) atoms. The van der Waals surface area contributed by atoms with Crippen molar-refractivity contribution in [1.82, 2.24) is 4.98 Å². The van der Waals surface area contributed by atoms with Crippen molar-refractivity contribution in [1.29, 1.82) is 0 Å². The molecule has 98 valence electrons. The van der Waals surface area contributed by atoms with E-state index in [4.69, 9.17) is 14.2 Å². The lowest BCUT2D eigenvalue weighted by atomic mass is 10.2. The second-order valence-corrected chi connectivity index (χ2v) is 4.09. The minimum Gasteiger partial charge on any atom is -0.481 e. The molecule has 2 aromatic rings. The van der Waals surface area contributed by atoms with Crippen LogP contribution in [-0.4, -0.2) is 18.9 Å². The highest BCUT2D eigenvalue weighted by Gasteiger charge is 2.13. The molecule has 1 aliphatic rings. The van der Waals surface area contributed by atoms with Crippen molar-refractivity contribution in [2.75, 3.05) is 19.2 Å². The van der Waals surface area contributed by atoms with Crippen molar-refractivity contribution in [3.8, 4) is 17.4 Å². The van der Waals surface area contributed by atoms with Gasteiger partial charge in [-0.05, 0) is 18.2 Å². The molecule has 0 saturated heterocycles. The highest BCUT2D eigenvalue weighted by Crippen LogP contribution is 2.34. The van der Waals surface area contributed by atoms with Gasteiger partial charge in [0.25, 0.3) is 0 Å². The number of methoxy groups -OCH3 is 1. The van der Waals surface area contributed by atoms with E-state index in [0.717, 1.165) is 22.7 Å². The van der Waals surface area contributed by atoms with Gasteiger partial charge in [0.2, 0.25) is 12.7 Å². The number of hydrogen-bond acceptors (Lipinski definition) is 5. The summed E-state index contributed by atoms with van der Waals surface area (Å²) in [6.45, 7) is 0.922. The van der Waals surface area contributed by atoms with Crippen LogP contribution >= 0.6 is 0 Å². The third-order valence-electron chi connectivity index (χ3n) is 2.90. The maximum Gasteiger partial charge on any atom is 0.231 e. The molecule has 5 heteroatoms. The maximum absolute atomic E-state index is 5.34. The SMILES string of the molecule is COc1ncccc1CNc1ccc2c(c1)OCO2. The molecular formula is C14H14N2O3. The van der Waals surface area contributed by atoms with Gasteiger partial charge in [-0.1, -0.05) is 6.07 Å². The number of anilines is 1. The van der Waals surface area contributed by atoms with E-state index in [2.05, 4.69) is 10.3 Å². The summed E-state index contributed by atoms with van der Waals surface area (Å²) in [5.41, 5.74) is 1.97. The summed E-state index contributed by atoms with van der Waals surface area (Å²) >= 11 is 0. The summed E-state index contributed by atoms with van der Waals surface area (Å²) in [4.78, 5) is 4.16. The van der Waals surface area contributed by atoms with Gasteiger partial charge in [0.05, 0.1) is 7.11 Å². The molecule has 1 N–H and O–H groups in total. The highest BCUT2D eigenvalue weighted by molar-refractivity contribution is 5.55. The van der Waals surface area contributed by atoms with Gasteiger partial charge >= 0.3 is 0 Å². The summed E-state index contributed by atoms with van der Waals surface area (Å²) in [7, 11) is 1.62. The first-order valence-corrected chi connectivity index (χ1v) is 5.98. The maximum atomic E-state index is 5.34. The van der Waals surface area contributed by atoms with Crippen molar-refractivity contribution < 1.29 is 14.2 Å². The molecule has 0 saturated carbocycles. The van der Waals surface area contributed by atoms with Crippen LogP contribution in [0.15, 0.2) is 36.5 Å². The van der Waals surface area contributed by atoms with Gasteiger partial charge in [0, 0.05) is 30.1 Å². The van der Waals surface area contributed by atoms with Gasteiger partial charge in [0.15, 0.2) is 11.5 Å². The largest absolute Gasteiger partial charge is 0.481 e. The highest BCUT2D eigenvalue weighted by atomic mass is 16.7. The lowest BCUT2D eigenvalue weighted by Gasteiger charge is -2.09. The van der Waals surface area contributed by atoms with Crippen LogP contribution in [0.1, 0.15) is 5.56 Å². The van der Waals surface area contributed by atoms with Crippen LogP contribution in [0.4, 0.5) is 5.69 Å². The molecule has 5 nitrogen and oxygen atoms in total. The summed E-state index contributed by atoms with van der Waals surface area (Å²) in [5.74, 6) is 2.18. The zero-order chi connectivity index (χ0) is 13.1. The number of hydrogen-bond donors (Lipinski definition) is 1. The fourth-order valence-corrected chi connectivity index (χ4v) is 1.95. The number of benzene rings is 1. The number of pyridine rings is 1. The molecule has 0 spiro atoms. The molecule has 0 unspecified atom stereocenters. The molecule has 1 aromatic heterocycles. The quantitative estimate of drug-likeness (QED) is 0.912. The Balaban J connectivity index is 1.72. The van der Waals surface area contributed by atoms with E-state index >= 15 is 0 Å². The Bertz CT molecular complexity index is 587. The molecule has 1 aromatic carbocycles. The van der Waals surface area contributed by atoms with Crippen LogP contribution in [0.5, 0.6) is 17.4 Å². The summed E-state index contributed by atoms with van der Waals surface area (Å²) in [5, 5.41) is 3.31. The van der Waals surface area contributed by atoms with Gasteiger partial charge in [-0.25, -0.2) is 4.98 Å². The second-order valence-electron chi connectivity index (χ2n) is 4.09. The first-order chi connectivity index (χ1) is 9.36. The molecule has 3 rings (SSSR count). The third-order valence-corrected chi connectivity index (χ3v) is 2.90. The van der Waals surface area contributed by atoms with E-state index < -0.39 is 0 Å². The van der Waals surface area contributed by atoms with Crippen LogP contribution in [0, 0.1) is 0 Å². The molecule has 0 fully saturated rings. The predicted molar refractivity (Wildman–Crippen MR) is 70.7 cm³/mol. The van der Waals surface area contributed by atoms with Crippen molar-refractivity contribution >= 4 is 5.69 Å². The summed E-state index contributed by atoms with van der Waals surface area (Å²) in [6, 6.07) is 9.64. The Hall–Kier alpha value is -2.43. The normalized spacial score (nSPS) is 12.3. The molecule has 2 heterocycles. The Morgan fingerprint density at radius 1 is 1.26 bits per heavy atom. The summed E-state index contributed by atoms with van der Waals surface area (Å²) in [6.07, 6.45) is 1.71. The monoisotopic (exact) mass is 258 g/mol. The fourth-order valence-electron chi connectivity index (χ4n) is 1.95. The number of nitrogens with zero attached hydrogens (tertiary/aromatic N) is 1. The molecule has 0 amide bonds. The van der Waals surface area contributed by atoms with Crippen LogP contribution in [0.2, 0.25) is 0 Å². The minimum atomic E-state index is 0.287. The van der Waals surface area contributed by atoms with E-state index in [1.165, 1.54) is 0 Å². The Labute approximate surface area is 111 Å². The van der Waals surface area contributed by atoms with Crippen molar-refractivity contribution in [2.45, 2.75) is 6.54 Å². The standard InChI is InChI=1S/C14H14N2O3/c1-17-14-10(3-2-6-15-14)8-16-11-4-5-12-13(7-11)19-9-18-12/h2-7,16H,8-9H2,1H3. The number of rotatable bonds is 4. The third kappa shape index (κ3) is 2.40. The van der Waals surface area contributed by atoms with E-state index in [1.54, 1.807) is 13.3 Å². The van der Waals surface area contributed by atoms with Crippen molar-refractivity contribution in [3.05, 3.63) is 42.1 Å². The Kier molecular flexibility index (Phi) is 3.10. The lowest BCUT2D eigenvalue weighted by Crippen LogP contribution is -2.02. The number of fused-ring (bicyclic) bond motifs is 1. The van der Waals surface area contributed by atoms with Gasteiger partial charge in [-0.3, -0.25) is 0 Å². The van der Waals surface area contributed by atoms with Crippen LogP contribution < -0.4 is 19.5 Å². The van der Waals surface area contributed by atoms with E-state index in [0.29, 0.717) is 12.4 Å². The van der Waals surface area contributed by atoms with Gasteiger partial charge in [0.1, 0.15) is 0 Å². The second kappa shape index (κ2) is 5.06. The first-order valence-electron chi connectivity index (χ1n) is 5.98. The molecule has 0 aliphatic carbocycles. The molecule has 0 radical (unpaired) electrons. The molecule has 0 bridgehead atoms. The zero-order valence-electron chi connectivity index (χ0n) is 10.6. The Morgan fingerprint density at radius 3 is 3.05 bits per heavy atom. The minimum absolute atomic E-state index is 0.287. The average Bonchev–Trinajstić information content (AvgIpc) is 2.93. The summed E-state index contributed by atoms with van der Waals surface area (Å²) < 4.78 is 15.8. The van der Waals surface area contributed by atoms with Crippen LogP contribution in [0.3, 0.4) is 0 Å².